The number of likely N-dealkylation sites (tertiary alicyclic amines) is 1. The predicted molar refractivity (Wildman–Crippen MR) is 92.5 cm³/mol. The second-order valence-electron chi connectivity index (χ2n) is 6.63. The van der Waals surface area contributed by atoms with Crippen molar-refractivity contribution in [2.24, 2.45) is 11.8 Å². The van der Waals surface area contributed by atoms with E-state index in [-0.39, 0.29) is 25.0 Å². The van der Waals surface area contributed by atoms with Gasteiger partial charge in [-0.15, -0.1) is 0 Å². The average molecular weight is 315 g/mol. The van der Waals surface area contributed by atoms with Gasteiger partial charge in [-0.2, -0.15) is 0 Å². The number of nitrogens with zero attached hydrogens (tertiary/aromatic N) is 3. The Hall–Kier alpha value is -1.69. The third-order valence-corrected chi connectivity index (χ3v) is 4.80. The molecule has 3 rings (SSSR count). The molecule has 1 fully saturated rings. The number of hydrogen-bond donors (Lipinski definition) is 2. The maximum absolute atomic E-state index is 9.47. The van der Waals surface area contributed by atoms with Crippen molar-refractivity contribution in [3.8, 4) is 0 Å². The highest BCUT2D eigenvalue weighted by Crippen LogP contribution is 2.29. The molecule has 0 bridgehead atoms. The van der Waals surface area contributed by atoms with Gasteiger partial charge in [-0.1, -0.05) is 24.3 Å². The first-order chi connectivity index (χ1) is 11.1. The van der Waals surface area contributed by atoms with E-state index < -0.39 is 0 Å². The molecule has 0 saturated carbocycles. The van der Waals surface area contributed by atoms with Crippen LogP contribution in [0.1, 0.15) is 5.56 Å². The van der Waals surface area contributed by atoms with Crippen molar-refractivity contribution >= 4 is 16.6 Å². The van der Waals surface area contributed by atoms with Gasteiger partial charge in [-0.25, -0.2) is 4.98 Å². The maximum Gasteiger partial charge on any atom is 0.135 e. The topological polar surface area (TPSA) is 59.8 Å². The largest absolute Gasteiger partial charge is 0.396 e. The third kappa shape index (κ3) is 3.17. The number of aliphatic hydroxyl groups excluding tert-OH is 2. The molecule has 23 heavy (non-hydrogen) atoms. The highest BCUT2D eigenvalue weighted by Gasteiger charge is 2.31. The zero-order valence-corrected chi connectivity index (χ0v) is 13.8. The van der Waals surface area contributed by atoms with Gasteiger partial charge in [0, 0.05) is 70.4 Å². The molecule has 1 aliphatic rings. The molecule has 0 amide bonds. The highest BCUT2D eigenvalue weighted by molar-refractivity contribution is 5.94. The van der Waals surface area contributed by atoms with Gasteiger partial charge in [0.25, 0.3) is 0 Å². The number of aromatic nitrogens is 1. The molecule has 0 radical (unpaired) electrons. The van der Waals surface area contributed by atoms with Crippen molar-refractivity contribution in [3.05, 3.63) is 36.0 Å². The SMILES string of the molecule is CN(C)c1ncc(CN2C[C@@H](CO)[C@@H](CO)C2)c2ccccc12. The first kappa shape index (κ1) is 16.2. The lowest BCUT2D eigenvalue weighted by Gasteiger charge is -2.20. The summed E-state index contributed by atoms with van der Waals surface area (Å²) >= 11 is 0. The zero-order chi connectivity index (χ0) is 16.4. The molecule has 5 heteroatoms. The standard InChI is InChI=1S/C18H25N3O2/c1-20(2)18-17-6-4-3-5-16(17)13(7-19-18)8-21-9-14(11-22)15(10-21)12-23/h3-7,14-15,22-23H,8-12H2,1-2H3/t14-,15+. The fourth-order valence-corrected chi connectivity index (χ4v) is 3.54. The van der Waals surface area contributed by atoms with Gasteiger partial charge in [0.15, 0.2) is 0 Å². The van der Waals surface area contributed by atoms with E-state index in [4.69, 9.17) is 0 Å². The number of hydrogen-bond acceptors (Lipinski definition) is 5. The molecule has 1 aliphatic heterocycles. The van der Waals surface area contributed by atoms with Crippen LogP contribution >= 0.6 is 0 Å². The van der Waals surface area contributed by atoms with Crippen LogP contribution in [0.3, 0.4) is 0 Å². The summed E-state index contributed by atoms with van der Waals surface area (Å²) in [6, 6.07) is 8.35. The molecular weight excluding hydrogens is 290 g/mol. The number of pyridine rings is 1. The molecule has 2 heterocycles. The molecule has 0 spiro atoms. The van der Waals surface area contributed by atoms with Gasteiger partial charge >= 0.3 is 0 Å². The molecule has 2 atom stereocenters. The Morgan fingerprint density at radius 2 is 1.70 bits per heavy atom. The summed E-state index contributed by atoms with van der Waals surface area (Å²) in [5, 5.41) is 21.3. The first-order valence-corrected chi connectivity index (χ1v) is 8.12. The van der Waals surface area contributed by atoms with Crippen molar-refractivity contribution in [1.82, 2.24) is 9.88 Å². The van der Waals surface area contributed by atoms with Crippen molar-refractivity contribution in [2.75, 3.05) is 45.3 Å². The second-order valence-corrected chi connectivity index (χ2v) is 6.63. The van der Waals surface area contributed by atoms with E-state index >= 15 is 0 Å². The summed E-state index contributed by atoms with van der Waals surface area (Å²) in [5.74, 6) is 1.31. The fraction of sp³-hybridized carbons (Fsp3) is 0.500. The zero-order valence-electron chi connectivity index (χ0n) is 13.8. The fourth-order valence-electron chi connectivity index (χ4n) is 3.54. The Kier molecular flexibility index (Phi) is 4.80. The lowest BCUT2D eigenvalue weighted by atomic mass is 9.98. The van der Waals surface area contributed by atoms with Crippen LogP contribution < -0.4 is 4.90 Å². The van der Waals surface area contributed by atoms with Gasteiger partial charge in [-0.05, 0) is 10.9 Å². The Morgan fingerprint density at radius 3 is 2.26 bits per heavy atom. The minimum Gasteiger partial charge on any atom is -0.396 e. The van der Waals surface area contributed by atoms with Gasteiger partial charge in [-0.3, -0.25) is 4.90 Å². The summed E-state index contributed by atoms with van der Waals surface area (Å²) in [6.07, 6.45) is 1.96. The predicted octanol–water partition coefficient (Wildman–Crippen LogP) is 1.33. The Balaban J connectivity index is 1.88. The van der Waals surface area contributed by atoms with Gasteiger partial charge in [0.1, 0.15) is 5.82 Å². The van der Waals surface area contributed by atoms with Gasteiger partial charge < -0.3 is 15.1 Å². The first-order valence-electron chi connectivity index (χ1n) is 8.12. The Bertz CT molecular complexity index is 662. The van der Waals surface area contributed by atoms with Crippen LogP contribution in [0, 0.1) is 11.8 Å². The number of rotatable bonds is 5. The van der Waals surface area contributed by atoms with Crippen LogP contribution in [0.4, 0.5) is 5.82 Å². The van der Waals surface area contributed by atoms with Crippen LogP contribution in [-0.2, 0) is 6.54 Å². The van der Waals surface area contributed by atoms with Crippen LogP contribution in [-0.4, -0.2) is 60.5 Å². The monoisotopic (exact) mass is 315 g/mol. The van der Waals surface area contributed by atoms with Crippen molar-refractivity contribution in [2.45, 2.75) is 6.54 Å². The summed E-state index contributed by atoms with van der Waals surface area (Å²) in [6.45, 7) is 2.73. The van der Waals surface area contributed by atoms with E-state index in [0.29, 0.717) is 0 Å². The minimum atomic E-state index is 0.139. The summed E-state index contributed by atoms with van der Waals surface area (Å²) in [4.78, 5) is 8.97. The number of benzene rings is 1. The molecule has 1 saturated heterocycles. The molecule has 2 N–H and O–H groups in total. The summed E-state index contributed by atoms with van der Waals surface area (Å²) < 4.78 is 0. The van der Waals surface area contributed by atoms with Crippen LogP contribution in [0.2, 0.25) is 0 Å². The lowest BCUT2D eigenvalue weighted by molar-refractivity contribution is 0.152. The average Bonchev–Trinajstić information content (AvgIpc) is 2.97. The van der Waals surface area contributed by atoms with Crippen LogP contribution in [0.5, 0.6) is 0 Å². The molecule has 1 aromatic heterocycles. The smallest absolute Gasteiger partial charge is 0.135 e. The quantitative estimate of drug-likeness (QED) is 0.872. The van der Waals surface area contributed by atoms with Crippen molar-refractivity contribution < 1.29 is 10.2 Å². The van der Waals surface area contributed by atoms with E-state index in [9.17, 15) is 10.2 Å². The van der Waals surface area contributed by atoms with E-state index in [2.05, 4.69) is 28.1 Å². The number of anilines is 1. The number of aliphatic hydroxyl groups is 2. The molecule has 0 unspecified atom stereocenters. The minimum absolute atomic E-state index is 0.139. The van der Waals surface area contributed by atoms with E-state index in [0.717, 1.165) is 30.8 Å². The normalized spacial score (nSPS) is 21.9. The molecule has 1 aromatic carbocycles. The number of fused-ring (bicyclic) bond motifs is 1. The van der Waals surface area contributed by atoms with Gasteiger partial charge in [0.05, 0.1) is 0 Å². The van der Waals surface area contributed by atoms with Crippen molar-refractivity contribution in [1.29, 1.82) is 0 Å². The lowest BCUT2D eigenvalue weighted by Crippen LogP contribution is -2.21. The van der Waals surface area contributed by atoms with E-state index in [1.165, 1.54) is 10.9 Å². The van der Waals surface area contributed by atoms with E-state index in [1.54, 1.807) is 0 Å². The molecule has 124 valence electrons. The van der Waals surface area contributed by atoms with Crippen LogP contribution in [0.25, 0.3) is 10.8 Å². The molecule has 5 nitrogen and oxygen atoms in total. The maximum atomic E-state index is 9.47. The molecule has 2 aromatic rings. The molecular formula is C18H25N3O2. The van der Waals surface area contributed by atoms with Crippen LogP contribution in [0.15, 0.2) is 30.5 Å². The Morgan fingerprint density at radius 1 is 1.09 bits per heavy atom. The highest BCUT2D eigenvalue weighted by atomic mass is 16.3. The van der Waals surface area contributed by atoms with E-state index in [1.807, 2.05) is 31.3 Å². The van der Waals surface area contributed by atoms with Crippen molar-refractivity contribution in [3.63, 3.8) is 0 Å². The third-order valence-electron chi connectivity index (χ3n) is 4.80. The van der Waals surface area contributed by atoms with Gasteiger partial charge in [0.2, 0.25) is 0 Å². The Labute approximate surface area is 137 Å². The molecule has 0 aliphatic carbocycles. The summed E-state index contributed by atoms with van der Waals surface area (Å²) in [7, 11) is 4.01. The second kappa shape index (κ2) is 6.83. The summed E-state index contributed by atoms with van der Waals surface area (Å²) in [5.41, 5.74) is 1.20.